The molecule has 0 fully saturated rings. The Bertz CT molecular complexity index is 718. The summed E-state index contributed by atoms with van der Waals surface area (Å²) in [5.41, 5.74) is 4.81. The molecular formula is C19H18N2O2. The fraction of sp³-hybridized carbons (Fsp3) is 0.263. The standard InChI is InChI=1S/C19H18N2O2/c1-21(12-6-11-20)19(22)23-13-18-16-9-4-2-7-14(16)15-8-3-5-10-17(15)18/h2-5,7-10,18H,6,12-13H2,1H3. The lowest BCUT2D eigenvalue weighted by molar-refractivity contribution is 0.109. The molecule has 116 valence electrons. The van der Waals surface area contributed by atoms with Gasteiger partial charge in [-0.25, -0.2) is 4.79 Å². The highest BCUT2D eigenvalue weighted by atomic mass is 16.6. The van der Waals surface area contributed by atoms with E-state index in [-0.39, 0.29) is 12.0 Å². The van der Waals surface area contributed by atoms with Crippen LogP contribution in [0, 0.1) is 11.3 Å². The first-order chi connectivity index (χ1) is 11.2. The molecule has 0 aromatic heterocycles. The lowest BCUT2D eigenvalue weighted by Crippen LogP contribution is -2.29. The van der Waals surface area contributed by atoms with E-state index in [4.69, 9.17) is 10.00 Å². The Kier molecular flexibility index (Phi) is 4.29. The van der Waals surface area contributed by atoms with Crippen LogP contribution in [0.5, 0.6) is 0 Å². The minimum atomic E-state index is -0.387. The molecule has 1 aliphatic rings. The summed E-state index contributed by atoms with van der Waals surface area (Å²) in [6.45, 7) is 0.691. The van der Waals surface area contributed by atoms with Crippen molar-refractivity contribution in [2.45, 2.75) is 12.3 Å². The molecule has 0 heterocycles. The van der Waals surface area contributed by atoms with Crippen LogP contribution in [0.4, 0.5) is 4.79 Å². The van der Waals surface area contributed by atoms with Gasteiger partial charge in [0, 0.05) is 19.5 Å². The average Bonchev–Trinajstić information content (AvgIpc) is 2.91. The van der Waals surface area contributed by atoms with Gasteiger partial charge in [-0.1, -0.05) is 48.5 Å². The van der Waals surface area contributed by atoms with Crippen LogP contribution >= 0.6 is 0 Å². The molecule has 0 aliphatic heterocycles. The van der Waals surface area contributed by atoms with E-state index >= 15 is 0 Å². The first-order valence-corrected chi connectivity index (χ1v) is 7.65. The zero-order valence-corrected chi connectivity index (χ0v) is 13.0. The molecule has 0 saturated heterocycles. The number of fused-ring (bicyclic) bond motifs is 3. The molecule has 4 heteroatoms. The van der Waals surface area contributed by atoms with Crippen molar-refractivity contribution in [2.75, 3.05) is 20.2 Å². The summed E-state index contributed by atoms with van der Waals surface area (Å²) in [7, 11) is 1.65. The van der Waals surface area contributed by atoms with E-state index in [1.165, 1.54) is 27.2 Å². The number of nitrogens with zero attached hydrogens (tertiary/aromatic N) is 2. The predicted octanol–water partition coefficient (Wildman–Crippen LogP) is 3.78. The van der Waals surface area contributed by atoms with E-state index in [0.717, 1.165) is 0 Å². The third kappa shape index (κ3) is 2.91. The largest absolute Gasteiger partial charge is 0.448 e. The van der Waals surface area contributed by atoms with E-state index in [1.54, 1.807) is 7.05 Å². The van der Waals surface area contributed by atoms with Crippen LogP contribution in [0.15, 0.2) is 48.5 Å². The van der Waals surface area contributed by atoms with Gasteiger partial charge in [0.25, 0.3) is 0 Å². The van der Waals surface area contributed by atoms with Crippen molar-refractivity contribution in [1.29, 1.82) is 5.26 Å². The van der Waals surface area contributed by atoms with Crippen LogP contribution in [-0.4, -0.2) is 31.2 Å². The molecule has 23 heavy (non-hydrogen) atoms. The van der Waals surface area contributed by atoms with Gasteiger partial charge in [0.05, 0.1) is 12.5 Å². The van der Waals surface area contributed by atoms with E-state index in [0.29, 0.717) is 19.6 Å². The van der Waals surface area contributed by atoms with E-state index in [1.807, 2.05) is 30.3 Å². The number of hydrogen-bond acceptors (Lipinski definition) is 3. The fourth-order valence-corrected chi connectivity index (χ4v) is 3.01. The Morgan fingerprint density at radius 1 is 1.13 bits per heavy atom. The third-order valence-electron chi connectivity index (χ3n) is 4.21. The summed E-state index contributed by atoms with van der Waals surface area (Å²) in [4.78, 5) is 13.5. The molecule has 0 saturated carbocycles. The second-order valence-electron chi connectivity index (χ2n) is 5.63. The number of nitriles is 1. The molecule has 3 rings (SSSR count). The van der Waals surface area contributed by atoms with Gasteiger partial charge < -0.3 is 9.64 Å². The van der Waals surface area contributed by atoms with Crippen LogP contribution in [0.1, 0.15) is 23.5 Å². The highest BCUT2D eigenvalue weighted by Crippen LogP contribution is 2.44. The normalized spacial score (nSPS) is 12.2. The maximum Gasteiger partial charge on any atom is 0.409 e. The summed E-state index contributed by atoms with van der Waals surface area (Å²) in [6, 6.07) is 18.5. The van der Waals surface area contributed by atoms with Crippen molar-refractivity contribution in [3.63, 3.8) is 0 Å². The second kappa shape index (κ2) is 6.53. The molecule has 0 bridgehead atoms. The summed E-state index contributed by atoms with van der Waals surface area (Å²) >= 11 is 0. The third-order valence-corrected chi connectivity index (χ3v) is 4.21. The van der Waals surface area contributed by atoms with E-state index < -0.39 is 0 Å². The molecule has 1 aliphatic carbocycles. The monoisotopic (exact) mass is 306 g/mol. The number of amides is 1. The predicted molar refractivity (Wildman–Crippen MR) is 87.9 cm³/mol. The smallest absolute Gasteiger partial charge is 0.409 e. The second-order valence-corrected chi connectivity index (χ2v) is 5.63. The quantitative estimate of drug-likeness (QED) is 0.863. The van der Waals surface area contributed by atoms with Crippen LogP contribution in [0.3, 0.4) is 0 Å². The Hall–Kier alpha value is -2.80. The minimum absolute atomic E-state index is 0.0655. The highest BCUT2D eigenvalue weighted by molar-refractivity contribution is 5.79. The van der Waals surface area contributed by atoms with Gasteiger partial charge in [0.2, 0.25) is 0 Å². The summed E-state index contributed by atoms with van der Waals surface area (Å²) in [5, 5.41) is 8.59. The Balaban J connectivity index is 1.76. The SMILES string of the molecule is CN(CCC#N)C(=O)OCC1c2ccccc2-c2ccccc21. The van der Waals surface area contributed by atoms with Gasteiger partial charge in [-0.3, -0.25) is 0 Å². The van der Waals surface area contributed by atoms with Crippen LogP contribution in [0.2, 0.25) is 0 Å². The van der Waals surface area contributed by atoms with Gasteiger partial charge in [0.1, 0.15) is 6.61 Å². The van der Waals surface area contributed by atoms with Gasteiger partial charge in [0.15, 0.2) is 0 Å². The summed E-state index contributed by atoms with van der Waals surface area (Å²) in [6.07, 6.45) is -0.0807. The van der Waals surface area contributed by atoms with Crippen LogP contribution in [-0.2, 0) is 4.74 Å². The number of hydrogen-bond donors (Lipinski definition) is 0. The number of ether oxygens (including phenoxy) is 1. The number of benzene rings is 2. The van der Waals surface area contributed by atoms with E-state index in [9.17, 15) is 4.79 Å². The minimum Gasteiger partial charge on any atom is -0.448 e. The molecule has 2 aromatic rings. The Morgan fingerprint density at radius 3 is 2.26 bits per heavy atom. The van der Waals surface area contributed by atoms with Crippen LogP contribution < -0.4 is 0 Å². The molecule has 0 radical (unpaired) electrons. The van der Waals surface area contributed by atoms with Crippen molar-refractivity contribution < 1.29 is 9.53 Å². The average molecular weight is 306 g/mol. The number of carbonyl (C=O) groups excluding carboxylic acids is 1. The summed E-state index contributed by atoms with van der Waals surface area (Å²) < 4.78 is 5.48. The first kappa shape index (κ1) is 15.1. The fourth-order valence-electron chi connectivity index (χ4n) is 3.01. The van der Waals surface area contributed by atoms with Gasteiger partial charge in [-0.15, -0.1) is 0 Å². The highest BCUT2D eigenvalue weighted by Gasteiger charge is 2.29. The van der Waals surface area contributed by atoms with Gasteiger partial charge in [-0.05, 0) is 22.3 Å². The zero-order chi connectivity index (χ0) is 16.2. The molecule has 0 spiro atoms. The van der Waals surface area contributed by atoms with Gasteiger partial charge in [-0.2, -0.15) is 5.26 Å². The van der Waals surface area contributed by atoms with Crippen molar-refractivity contribution in [3.05, 3.63) is 59.7 Å². The topological polar surface area (TPSA) is 53.3 Å². The van der Waals surface area contributed by atoms with E-state index in [2.05, 4.69) is 24.3 Å². The van der Waals surface area contributed by atoms with Gasteiger partial charge >= 0.3 is 6.09 Å². The maximum absolute atomic E-state index is 12.0. The summed E-state index contributed by atoms with van der Waals surface area (Å²) in [5.74, 6) is 0.0655. The molecule has 1 amide bonds. The number of rotatable bonds is 4. The lowest BCUT2D eigenvalue weighted by Gasteiger charge is -2.18. The lowest BCUT2D eigenvalue weighted by atomic mass is 9.98. The first-order valence-electron chi connectivity index (χ1n) is 7.65. The maximum atomic E-state index is 12.0. The van der Waals surface area contributed by atoms with Crippen molar-refractivity contribution in [1.82, 2.24) is 4.90 Å². The Morgan fingerprint density at radius 2 is 1.70 bits per heavy atom. The van der Waals surface area contributed by atoms with Crippen molar-refractivity contribution in [3.8, 4) is 17.2 Å². The molecule has 2 aromatic carbocycles. The molecule has 0 N–H and O–H groups in total. The molecule has 0 atom stereocenters. The number of carbonyl (C=O) groups is 1. The van der Waals surface area contributed by atoms with Crippen molar-refractivity contribution in [2.24, 2.45) is 0 Å². The molecular weight excluding hydrogens is 288 g/mol. The Labute approximate surface area is 135 Å². The molecule has 0 unspecified atom stereocenters. The zero-order valence-electron chi connectivity index (χ0n) is 13.0. The molecule has 4 nitrogen and oxygen atoms in total. The van der Waals surface area contributed by atoms with Crippen LogP contribution in [0.25, 0.3) is 11.1 Å². The van der Waals surface area contributed by atoms with Crippen molar-refractivity contribution >= 4 is 6.09 Å².